The van der Waals surface area contributed by atoms with Crippen LogP contribution in [0.4, 0.5) is 19.0 Å². The maximum Gasteiger partial charge on any atom is 0.573 e. The normalized spacial score (nSPS) is 14.8. The standard InChI is InChI=1S/C24H23F3N6O3/c25-24(26,27)36-18-5-3-17(4-6-18)22-23(33-8-7-28-14-20(33)30-22)29-15-21(34)32-11-9-31(10-12-32)16-19-2-1-13-35-19/h1-8,13-14,29H,9-12,15-16H2. The molecular formula is C24H23F3N6O3. The van der Waals surface area contributed by atoms with Crippen molar-refractivity contribution in [2.75, 3.05) is 38.0 Å². The Kier molecular flexibility index (Phi) is 6.51. The number of furan rings is 1. The number of carbonyl (C=O) groups is 1. The van der Waals surface area contributed by atoms with Crippen LogP contribution < -0.4 is 10.1 Å². The summed E-state index contributed by atoms with van der Waals surface area (Å²) in [5, 5.41) is 3.17. The number of imidazole rings is 1. The van der Waals surface area contributed by atoms with Gasteiger partial charge in [-0.3, -0.25) is 19.1 Å². The van der Waals surface area contributed by atoms with Gasteiger partial charge in [-0.25, -0.2) is 4.98 Å². The molecule has 1 amide bonds. The molecule has 0 spiro atoms. The SMILES string of the molecule is O=C(CNc1c(-c2ccc(OC(F)(F)F)cc2)nc2cnccn12)N1CCN(Cc2ccco2)CC1. The molecule has 1 saturated heterocycles. The van der Waals surface area contributed by atoms with Gasteiger partial charge < -0.3 is 19.4 Å². The number of hydrogen-bond donors (Lipinski definition) is 1. The van der Waals surface area contributed by atoms with Gasteiger partial charge in [0.25, 0.3) is 0 Å². The first-order chi connectivity index (χ1) is 17.4. The van der Waals surface area contributed by atoms with Crippen molar-refractivity contribution >= 4 is 17.4 Å². The van der Waals surface area contributed by atoms with E-state index < -0.39 is 6.36 Å². The first kappa shape index (κ1) is 23.7. The number of benzene rings is 1. The summed E-state index contributed by atoms with van der Waals surface area (Å²) in [7, 11) is 0. The lowest BCUT2D eigenvalue weighted by Gasteiger charge is -2.34. The fourth-order valence-corrected chi connectivity index (χ4v) is 4.14. The Morgan fingerprint density at radius 1 is 1.11 bits per heavy atom. The quantitative estimate of drug-likeness (QED) is 0.415. The molecule has 9 nitrogen and oxygen atoms in total. The summed E-state index contributed by atoms with van der Waals surface area (Å²) in [6, 6.07) is 9.21. The molecule has 36 heavy (non-hydrogen) atoms. The second kappa shape index (κ2) is 9.90. The van der Waals surface area contributed by atoms with Crippen LogP contribution in [0.25, 0.3) is 16.9 Å². The number of carbonyl (C=O) groups excluding carboxylic acids is 1. The molecule has 0 saturated carbocycles. The summed E-state index contributed by atoms with van der Waals surface area (Å²) < 4.78 is 48.6. The number of anilines is 1. The van der Waals surface area contributed by atoms with Crippen LogP contribution in [0, 0.1) is 0 Å². The Balaban J connectivity index is 1.27. The molecule has 4 aromatic rings. The molecule has 0 atom stereocenters. The van der Waals surface area contributed by atoms with Crippen LogP contribution in [0.15, 0.2) is 65.7 Å². The predicted molar refractivity (Wildman–Crippen MR) is 124 cm³/mol. The van der Waals surface area contributed by atoms with E-state index in [9.17, 15) is 18.0 Å². The molecule has 1 aliphatic heterocycles. The minimum Gasteiger partial charge on any atom is -0.468 e. The van der Waals surface area contributed by atoms with Crippen LogP contribution in [0.5, 0.6) is 5.75 Å². The van der Waals surface area contributed by atoms with Crippen LogP contribution >= 0.6 is 0 Å². The van der Waals surface area contributed by atoms with E-state index in [-0.39, 0.29) is 18.2 Å². The van der Waals surface area contributed by atoms with Gasteiger partial charge in [-0.1, -0.05) is 0 Å². The second-order valence-corrected chi connectivity index (χ2v) is 8.28. The molecule has 1 fully saturated rings. The molecule has 0 radical (unpaired) electrons. The van der Waals surface area contributed by atoms with Crippen LogP contribution in [0.1, 0.15) is 5.76 Å². The van der Waals surface area contributed by atoms with E-state index in [1.54, 1.807) is 34.2 Å². The summed E-state index contributed by atoms with van der Waals surface area (Å²) in [5.74, 6) is 1.05. The smallest absolute Gasteiger partial charge is 0.468 e. The molecule has 3 aromatic heterocycles. The molecule has 1 N–H and O–H groups in total. The fraction of sp³-hybridized carbons (Fsp3) is 0.292. The number of piperazine rings is 1. The molecule has 0 unspecified atom stereocenters. The Morgan fingerprint density at radius 3 is 2.58 bits per heavy atom. The molecule has 0 bridgehead atoms. The summed E-state index contributed by atoms with van der Waals surface area (Å²) >= 11 is 0. The Labute approximate surface area is 204 Å². The molecule has 1 aromatic carbocycles. The number of alkyl halides is 3. The van der Waals surface area contributed by atoms with Crippen molar-refractivity contribution < 1.29 is 27.1 Å². The Hall–Kier alpha value is -4.06. The number of hydrogen-bond acceptors (Lipinski definition) is 7. The third kappa shape index (κ3) is 5.43. The highest BCUT2D eigenvalue weighted by Crippen LogP contribution is 2.31. The number of nitrogens with one attached hydrogen (secondary N) is 1. The topological polar surface area (TPSA) is 88.1 Å². The lowest BCUT2D eigenvalue weighted by atomic mass is 10.1. The maximum absolute atomic E-state index is 12.9. The first-order valence-electron chi connectivity index (χ1n) is 11.3. The number of amides is 1. The number of nitrogens with zero attached hydrogens (tertiary/aromatic N) is 5. The average Bonchev–Trinajstić information content (AvgIpc) is 3.50. The van der Waals surface area contributed by atoms with E-state index in [1.807, 2.05) is 12.1 Å². The van der Waals surface area contributed by atoms with Crippen LogP contribution in [0.2, 0.25) is 0 Å². The first-order valence-corrected chi connectivity index (χ1v) is 11.3. The zero-order chi connectivity index (χ0) is 25.1. The van der Waals surface area contributed by atoms with E-state index in [0.717, 1.165) is 18.8 Å². The maximum atomic E-state index is 12.9. The van der Waals surface area contributed by atoms with Crippen LogP contribution in [0.3, 0.4) is 0 Å². The number of rotatable bonds is 7. The second-order valence-electron chi connectivity index (χ2n) is 8.28. The van der Waals surface area contributed by atoms with Crippen molar-refractivity contribution in [3.05, 3.63) is 67.0 Å². The van der Waals surface area contributed by atoms with Crippen molar-refractivity contribution in [3.63, 3.8) is 0 Å². The number of ether oxygens (including phenoxy) is 1. The number of fused-ring (bicyclic) bond motifs is 1. The van der Waals surface area contributed by atoms with Gasteiger partial charge in [0.1, 0.15) is 23.0 Å². The zero-order valence-corrected chi connectivity index (χ0v) is 19.1. The molecule has 5 rings (SSSR count). The minimum atomic E-state index is -4.77. The van der Waals surface area contributed by atoms with Gasteiger partial charge in [-0.2, -0.15) is 0 Å². The highest BCUT2D eigenvalue weighted by Gasteiger charge is 2.31. The van der Waals surface area contributed by atoms with Crippen LogP contribution in [-0.2, 0) is 11.3 Å². The monoisotopic (exact) mass is 500 g/mol. The van der Waals surface area contributed by atoms with E-state index in [1.165, 1.54) is 24.3 Å². The third-order valence-corrected chi connectivity index (χ3v) is 5.88. The molecular weight excluding hydrogens is 477 g/mol. The summed E-state index contributed by atoms with van der Waals surface area (Å²) in [4.78, 5) is 25.6. The molecule has 188 valence electrons. The zero-order valence-electron chi connectivity index (χ0n) is 19.1. The molecule has 0 aliphatic carbocycles. The van der Waals surface area contributed by atoms with Crippen molar-refractivity contribution in [1.82, 2.24) is 24.2 Å². The summed E-state index contributed by atoms with van der Waals surface area (Å²) in [6.45, 7) is 3.43. The fourth-order valence-electron chi connectivity index (χ4n) is 4.14. The van der Waals surface area contributed by atoms with Gasteiger partial charge in [0.15, 0.2) is 5.65 Å². The van der Waals surface area contributed by atoms with Crippen molar-refractivity contribution in [1.29, 1.82) is 0 Å². The molecule has 4 heterocycles. The number of aromatic nitrogens is 3. The van der Waals surface area contributed by atoms with Gasteiger partial charge in [-0.05, 0) is 36.4 Å². The largest absolute Gasteiger partial charge is 0.573 e. The Bertz CT molecular complexity index is 1310. The highest BCUT2D eigenvalue weighted by atomic mass is 19.4. The van der Waals surface area contributed by atoms with Crippen molar-refractivity contribution in [2.24, 2.45) is 0 Å². The number of halogens is 3. The van der Waals surface area contributed by atoms with Gasteiger partial charge in [0, 0.05) is 44.1 Å². The van der Waals surface area contributed by atoms with Gasteiger partial charge in [0.2, 0.25) is 5.91 Å². The van der Waals surface area contributed by atoms with E-state index in [4.69, 9.17) is 4.42 Å². The molecule has 1 aliphatic rings. The van der Waals surface area contributed by atoms with Crippen LogP contribution in [-0.4, -0.2) is 69.2 Å². The lowest BCUT2D eigenvalue weighted by Crippen LogP contribution is -2.49. The molecule has 12 heteroatoms. The van der Waals surface area contributed by atoms with Gasteiger partial charge >= 0.3 is 6.36 Å². The lowest BCUT2D eigenvalue weighted by molar-refractivity contribution is -0.274. The van der Waals surface area contributed by atoms with E-state index >= 15 is 0 Å². The van der Waals surface area contributed by atoms with E-state index in [2.05, 4.69) is 24.9 Å². The predicted octanol–water partition coefficient (Wildman–Crippen LogP) is 3.64. The average molecular weight is 500 g/mol. The van der Waals surface area contributed by atoms with E-state index in [0.29, 0.717) is 42.4 Å². The summed E-state index contributed by atoms with van der Waals surface area (Å²) in [6.07, 6.45) is 1.73. The minimum absolute atomic E-state index is 0.0383. The van der Waals surface area contributed by atoms with Gasteiger partial charge in [-0.15, -0.1) is 13.2 Å². The summed E-state index contributed by atoms with van der Waals surface area (Å²) in [5.41, 5.74) is 1.58. The van der Waals surface area contributed by atoms with Gasteiger partial charge in [0.05, 0.1) is 25.5 Å². The Morgan fingerprint density at radius 2 is 1.89 bits per heavy atom. The third-order valence-electron chi connectivity index (χ3n) is 5.88. The van der Waals surface area contributed by atoms with Crippen molar-refractivity contribution in [3.8, 4) is 17.0 Å². The van der Waals surface area contributed by atoms with Crippen molar-refractivity contribution in [2.45, 2.75) is 12.9 Å². The highest BCUT2D eigenvalue weighted by molar-refractivity contribution is 5.84.